The molecule has 4 rings (SSSR count). The molecule has 1 N–H and O–H groups in total. The Morgan fingerprint density at radius 3 is 2.24 bits per heavy atom. The zero-order valence-corrected chi connectivity index (χ0v) is 19.4. The lowest BCUT2D eigenvalue weighted by atomic mass is 9.78. The number of nitrogens with zero attached hydrogens (tertiary/aromatic N) is 3. The zero-order valence-electron chi connectivity index (χ0n) is 19.4. The molecule has 34 heavy (non-hydrogen) atoms. The Balaban J connectivity index is 1.79. The number of methoxy groups -OCH3 is 2. The minimum Gasteiger partial charge on any atom is -0.497 e. The molecule has 0 unspecified atom stereocenters. The first kappa shape index (κ1) is 23.3. The summed E-state index contributed by atoms with van der Waals surface area (Å²) in [7, 11) is 4.20. The minimum atomic E-state index is -1.16. The Morgan fingerprint density at radius 2 is 1.68 bits per heavy atom. The molecule has 1 aliphatic heterocycles. The van der Waals surface area contributed by atoms with E-state index in [-0.39, 0.29) is 31.8 Å². The number of hydroxylamine groups is 2. The smallest absolute Gasteiger partial charge is 0.343 e. The molecule has 2 aromatic carbocycles. The van der Waals surface area contributed by atoms with Gasteiger partial charge in [-0.05, 0) is 37.1 Å². The monoisotopic (exact) mass is 465 g/mol. The van der Waals surface area contributed by atoms with Gasteiger partial charge in [-0.15, -0.1) is 0 Å². The number of esters is 1. The first-order valence-corrected chi connectivity index (χ1v) is 10.9. The highest BCUT2D eigenvalue weighted by Crippen LogP contribution is 2.42. The number of ether oxygens (including phenoxy) is 2. The zero-order chi connectivity index (χ0) is 24.3. The average Bonchev–Trinajstić information content (AvgIpc) is 3.34. The maximum absolute atomic E-state index is 13.1. The number of likely N-dealkylation sites (tertiary alicyclic amines) is 1. The van der Waals surface area contributed by atoms with E-state index in [0.717, 1.165) is 11.1 Å². The quantitative estimate of drug-likeness (QED) is 0.345. The standard InChI is InChI=1S/C25H27N3O6/c1-27(31)24(30)28-15-13-25(14-16-28,23(29)33-3)22-26-20(17-7-5-4-6-8-17)21(34-22)18-9-11-19(32-2)12-10-18/h4-12,31H,13-16H2,1-3H3. The van der Waals surface area contributed by atoms with Gasteiger partial charge in [0.1, 0.15) is 16.9 Å². The van der Waals surface area contributed by atoms with Crippen LogP contribution in [-0.4, -0.2) is 66.5 Å². The molecule has 1 fully saturated rings. The molecule has 178 valence electrons. The van der Waals surface area contributed by atoms with Gasteiger partial charge in [-0.3, -0.25) is 10.0 Å². The molecule has 1 aliphatic rings. The third kappa shape index (κ3) is 4.22. The first-order chi connectivity index (χ1) is 16.4. The van der Waals surface area contributed by atoms with Crippen molar-refractivity contribution in [2.75, 3.05) is 34.4 Å². The van der Waals surface area contributed by atoms with Gasteiger partial charge in [0.05, 0.1) is 14.2 Å². The van der Waals surface area contributed by atoms with E-state index in [1.54, 1.807) is 7.11 Å². The highest BCUT2D eigenvalue weighted by Gasteiger charge is 2.49. The Morgan fingerprint density at radius 1 is 1.03 bits per heavy atom. The molecule has 2 amide bonds. The van der Waals surface area contributed by atoms with Crippen LogP contribution in [0.4, 0.5) is 4.79 Å². The molecule has 0 radical (unpaired) electrons. The van der Waals surface area contributed by atoms with Crippen LogP contribution < -0.4 is 4.74 Å². The summed E-state index contributed by atoms with van der Waals surface area (Å²) in [5, 5.41) is 10.0. The Kier molecular flexibility index (Phi) is 6.56. The normalized spacial score (nSPS) is 15.0. The van der Waals surface area contributed by atoms with Crippen LogP contribution in [0.2, 0.25) is 0 Å². The number of carbonyl (C=O) groups is 2. The number of rotatable bonds is 5. The fourth-order valence-electron chi connectivity index (χ4n) is 4.24. The summed E-state index contributed by atoms with van der Waals surface area (Å²) >= 11 is 0. The number of carbonyl (C=O) groups excluding carboxylic acids is 2. The minimum absolute atomic E-state index is 0.236. The van der Waals surface area contributed by atoms with Crippen molar-refractivity contribution in [2.24, 2.45) is 0 Å². The number of amides is 2. The van der Waals surface area contributed by atoms with Crippen LogP contribution >= 0.6 is 0 Å². The number of piperidine rings is 1. The van der Waals surface area contributed by atoms with E-state index in [0.29, 0.717) is 22.3 Å². The summed E-state index contributed by atoms with van der Waals surface area (Å²) in [4.78, 5) is 31.6. The summed E-state index contributed by atoms with van der Waals surface area (Å²) < 4.78 is 16.8. The lowest BCUT2D eigenvalue weighted by molar-refractivity contribution is -0.150. The lowest BCUT2D eigenvalue weighted by Crippen LogP contribution is -2.51. The maximum Gasteiger partial charge on any atom is 0.343 e. The van der Waals surface area contributed by atoms with Gasteiger partial charge in [0.15, 0.2) is 5.76 Å². The van der Waals surface area contributed by atoms with Crippen LogP contribution in [0.1, 0.15) is 18.7 Å². The van der Waals surface area contributed by atoms with Crippen LogP contribution in [0.25, 0.3) is 22.6 Å². The van der Waals surface area contributed by atoms with Crippen molar-refractivity contribution >= 4 is 12.0 Å². The molecule has 2 heterocycles. The number of aromatic nitrogens is 1. The third-order valence-corrected chi connectivity index (χ3v) is 6.18. The van der Waals surface area contributed by atoms with Gasteiger partial charge in [-0.2, -0.15) is 0 Å². The van der Waals surface area contributed by atoms with Crippen molar-refractivity contribution in [3.05, 3.63) is 60.5 Å². The van der Waals surface area contributed by atoms with Crippen molar-refractivity contribution < 1.29 is 28.7 Å². The Hall–Kier alpha value is -3.85. The van der Waals surface area contributed by atoms with Crippen molar-refractivity contribution in [3.8, 4) is 28.3 Å². The number of hydrogen-bond acceptors (Lipinski definition) is 7. The van der Waals surface area contributed by atoms with Gasteiger partial charge >= 0.3 is 12.0 Å². The van der Waals surface area contributed by atoms with Crippen LogP contribution in [0.5, 0.6) is 5.75 Å². The van der Waals surface area contributed by atoms with Gasteiger partial charge in [0.25, 0.3) is 0 Å². The number of oxazole rings is 1. The summed E-state index contributed by atoms with van der Waals surface area (Å²) in [5.74, 6) is 1.01. The van der Waals surface area contributed by atoms with Gasteiger partial charge in [0, 0.05) is 31.3 Å². The molecule has 9 nitrogen and oxygen atoms in total. The van der Waals surface area contributed by atoms with Crippen LogP contribution in [-0.2, 0) is 14.9 Å². The molecule has 0 bridgehead atoms. The van der Waals surface area contributed by atoms with Crippen LogP contribution in [0, 0.1) is 0 Å². The van der Waals surface area contributed by atoms with Crippen molar-refractivity contribution in [2.45, 2.75) is 18.3 Å². The van der Waals surface area contributed by atoms with Crippen LogP contribution in [0.3, 0.4) is 0 Å². The van der Waals surface area contributed by atoms with E-state index in [1.807, 2.05) is 54.6 Å². The first-order valence-electron chi connectivity index (χ1n) is 10.9. The second kappa shape index (κ2) is 9.56. The maximum atomic E-state index is 13.1. The Labute approximate surface area is 197 Å². The van der Waals surface area contributed by atoms with E-state index in [1.165, 1.54) is 19.1 Å². The topological polar surface area (TPSA) is 105 Å². The summed E-state index contributed by atoms with van der Waals surface area (Å²) in [6, 6.07) is 16.5. The van der Waals surface area contributed by atoms with E-state index >= 15 is 0 Å². The van der Waals surface area contributed by atoms with Crippen molar-refractivity contribution in [1.82, 2.24) is 14.9 Å². The molecule has 0 atom stereocenters. The molecule has 1 aromatic heterocycles. The lowest BCUT2D eigenvalue weighted by Gasteiger charge is -2.38. The second-order valence-corrected chi connectivity index (χ2v) is 8.16. The number of urea groups is 1. The Bertz CT molecular complexity index is 1150. The highest BCUT2D eigenvalue weighted by atomic mass is 16.5. The SMILES string of the molecule is COC(=O)C1(c2nc(-c3ccccc3)c(-c3ccc(OC)cc3)o2)CCN(C(=O)N(C)O)CC1. The van der Waals surface area contributed by atoms with Gasteiger partial charge in [-0.1, -0.05) is 30.3 Å². The predicted molar refractivity (Wildman–Crippen MR) is 123 cm³/mol. The second-order valence-electron chi connectivity index (χ2n) is 8.16. The van der Waals surface area contributed by atoms with E-state index in [4.69, 9.17) is 18.9 Å². The molecule has 0 saturated carbocycles. The van der Waals surface area contributed by atoms with E-state index < -0.39 is 17.4 Å². The highest BCUT2D eigenvalue weighted by molar-refractivity contribution is 5.84. The van der Waals surface area contributed by atoms with Crippen LogP contribution in [0.15, 0.2) is 59.0 Å². The number of benzene rings is 2. The molecule has 0 spiro atoms. The molecule has 9 heteroatoms. The largest absolute Gasteiger partial charge is 0.497 e. The van der Waals surface area contributed by atoms with E-state index in [9.17, 15) is 14.8 Å². The summed E-state index contributed by atoms with van der Waals surface area (Å²) in [6.45, 7) is 0.472. The predicted octanol–water partition coefficient (Wildman–Crippen LogP) is 3.96. The average molecular weight is 466 g/mol. The van der Waals surface area contributed by atoms with E-state index in [2.05, 4.69) is 0 Å². The van der Waals surface area contributed by atoms with Gasteiger partial charge < -0.3 is 18.8 Å². The molecular formula is C25H27N3O6. The summed E-state index contributed by atoms with van der Waals surface area (Å²) in [6.07, 6.45) is 0.492. The number of hydrogen-bond donors (Lipinski definition) is 1. The fourth-order valence-corrected chi connectivity index (χ4v) is 4.24. The molecule has 1 saturated heterocycles. The fraction of sp³-hybridized carbons (Fsp3) is 0.320. The van der Waals surface area contributed by atoms with Crippen molar-refractivity contribution in [3.63, 3.8) is 0 Å². The van der Waals surface area contributed by atoms with Gasteiger partial charge in [-0.25, -0.2) is 14.8 Å². The molecule has 0 aliphatic carbocycles. The molecular weight excluding hydrogens is 438 g/mol. The van der Waals surface area contributed by atoms with Gasteiger partial charge in [0.2, 0.25) is 5.89 Å². The van der Waals surface area contributed by atoms with Crippen molar-refractivity contribution in [1.29, 1.82) is 0 Å². The third-order valence-electron chi connectivity index (χ3n) is 6.18. The summed E-state index contributed by atoms with van der Waals surface area (Å²) in [5.41, 5.74) is 1.08. The molecule has 3 aromatic rings.